The SMILES string of the molecule is COc1ccc(C)cc1CCNC(=O)CCc1ccc(F)cc1. The quantitative estimate of drug-likeness (QED) is 0.850. The van der Waals surface area contributed by atoms with Crippen LogP contribution in [0.2, 0.25) is 0 Å². The Labute approximate surface area is 136 Å². The highest BCUT2D eigenvalue weighted by atomic mass is 19.1. The van der Waals surface area contributed by atoms with Crippen molar-refractivity contribution in [1.29, 1.82) is 0 Å². The number of halogens is 1. The summed E-state index contributed by atoms with van der Waals surface area (Å²) in [4.78, 5) is 11.9. The molecule has 3 nitrogen and oxygen atoms in total. The van der Waals surface area contributed by atoms with Gasteiger partial charge in [-0.3, -0.25) is 4.79 Å². The lowest BCUT2D eigenvalue weighted by Crippen LogP contribution is -2.26. The van der Waals surface area contributed by atoms with Crippen LogP contribution < -0.4 is 10.1 Å². The Bertz CT molecular complexity index is 653. The topological polar surface area (TPSA) is 38.3 Å². The Kier molecular flexibility index (Phi) is 6.15. The zero-order chi connectivity index (χ0) is 16.7. The van der Waals surface area contributed by atoms with Crippen LogP contribution in [0.3, 0.4) is 0 Å². The van der Waals surface area contributed by atoms with Gasteiger partial charge < -0.3 is 10.1 Å². The van der Waals surface area contributed by atoms with Gasteiger partial charge in [0.05, 0.1) is 7.11 Å². The van der Waals surface area contributed by atoms with E-state index >= 15 is 0 Å². The number of aryl methyl sites for hydroxylation is 2. The number of ether oxygens (including phenoxy) is 1. The normalized spacial score (nSPS) is 10.4. The summed E-state index contributed by atoms with van der Waals surface area (Å²) in [6, 6.07) is 12.3. The van der Waals surface area contributed by atoms with Crippen LogP contribution in [0.15, 0.2) is 42.5 Å². The fourth-order valence-corrected chi connectivity index (χ4v) is 2.44. The molecule has 0 aliphatic heterocycles. The standard InChI is InChI=1S/C19H22FNO2/c1-14-3-9-18(23-2)16(13-14)11-12-21-19(22)10-6-15-4-7-17(20)8-5-15/h3-5,7-9,13H,6,10-12H2,1-2H3,(H,21,22). The van der Waals surface area contributed by atoms with Gasteiger partial charge in [-0.15, -0.1) is 0 Å². The van der Waals surface area contributed by atoms with Gasteiger partial charge in [0.2, 0.25) is 5.91 Å². The van der Waals surface area contributed by atoms with Gasteiger partial charge in [-0.25, -0.2) is 4.39 Å². The molecule has 2 aromatic rings. The number of hydrogen-bond donors (Lipinski definition) is 1. The summed E-state index contributed by atoms with van der Waals surface area (Å²) < 4.78 is 18.1. The number of amides is 1. The van der Waals surface area contributed by atoms with E-state index in [9.17, 15) is 9.18 Å². The molecule has 0 aromatic heterocycles. The molecule has 2 aromatic carbocycles. The molecule has 0 unspecified atom stereocenters. The second-order valence-electron chi connectivity index (χ2n) is 5.54. The zero-order valence-electron chi connectivity index (χ0n) is 13.6. The maximum absolute atomic E-state index is 12.8. The van der Waals surface area contributed by atoms with Crippen LogP contribution >= 0.6 is 0 Å². The van der Waals surface area contributed by atoms with Crippen LogP contribution in [-0.2, 0) is 17.6 Å². The fraction of sp³-hybridized carbons (Fsp3) is 0.316. The average molecular weight is 315 g/mol. The Morgan fingerprint density at radius 1 is 1.13 bits per heavy atom. The first kappa shape index (κ1) is 17.0. The van der Waals surface area contributed by atoms with Gasteiger partial charge in [-0.2, -0.15) is 0 Å². The molecule has 4 heteroatoms. The van der Waals surface area contributed by atoms with Gasteiger partial charge >= 0.3 is 0 Å². The van der Waals surface area contributed by atoms with E-state index in [2.05, 4.69) is 11.4 Å². The summed E-state index contributed by atoms with van der Waals surface area (Å²) >= 11 is 0. The maximum atomic E-state index is 12.8. The lowest BCUT2D eigenvalue weighted by Gasteiger charge is -2.10. The molecule has 0 saturated heterocycles. The van der Waals surface area contributed by atoms with Crippen molar-refractivity contribution in [2.24, 2.45) is 0 Å². The molecule has 0 saturated carbocycles. The van der Waals surface area contributed by atoms with E-state index in [1.165, 1.54) is 17.7 Å². The molecule has 1 N–H and O–H groups in total. The van der Waals surface area contributed by atoms with Gasteiger partial charge in [0, 0.05) is 13.0 Å². The minimum atomic E-state index is -0.259. The number of methoxy groups -OCH3 is 1. The summed E-state index contributed by atoms with van der Waals surface area (Å²) in [5.74, 6) is 0.586. The molecule has 0 atom stereocenters. The molecule has 0 aliphatic carbocycles. The molecule has 0 aliphatic rings. The van der Waals surface area contributed by atoms with Crippen LogP contribution in [0.25, 0.3) is 0 Å². The lowest BCUT2D eigenvalue weighted by atomic mass is 10.1. The molecule has 2 rings (SSSR count). The maximum Gasteiger partial charge on any atom is 0.220 e. The van der Waals surface area contributed by atoms with Crippen molar-refractivity contribution >= 4 is 5.91 Å². The molecule has 0 fully saturated rings. The van der Waals surface area contributed by atoms with E-state index in [0.717, 1.165) is 23.3 Å². The fourth-order valence-electron chi connectivity index (χ4n) is 2.44. The van der Waals surface area contributed by atoms with Crippen LogP contribution in [0.1, 0.15) is 23.1 Å². The van der Waals surface area contributed by atoms with Crippen molar-refractivity contribution in [2.45, 2.75) is 26.2 Å². The largest absolute Gasteiger partial charge is 0.496 e. The number of benzene rings is 2. The van der Waals surface area contributed by atoms with Crippen molar-refractivity contribution < 1.29 is 13.9 Å². The van der Waals surface area contributed by atoms with Crippen LogP contribution in [-0.4, -0.2) is 19.6 Å². The highest BCUT2D eigenvalue weighted by Crippen LogP contribution is 2.19. The minimum Gasteiger partial charge on any atom is -0.496 e. The van der Waals surface area contributed by atoms with Gasteiger partial charge in [-0.05, 0) is 49.1 Å². The Hall–Kier alpha value is -2.36. The molecule has 0 spiro atoms. The van der Waals surface area contributed by atoms with E-state index in [-0.39, 0.29) is 11.7 Å². The van der Waals surface area contributed by atoms with Crippen molar-refractivity contribution in [3.63, 3.8) is 0 Å². The summed E-state index contributed by atoms with van der Waals surface area (Å²) in [5.41, 5.74) is 3.22. The van der Waals surface area contributed by atoms with Crippen molar-refractivity contribution in [2.75, 3.05) is 13.7 Å². The highest BCUT2D eigenvalue weighted by molar-refractivity contribution is 5.76. The molecular weight excluding hydrogens is 293 g/mol. The van der Waals surface area contributed by atoms with Crippen LogP contribution in [0, 0.1) is 12.7 Å². The summed E-state index contributed by atoms with van der Waals surface area (Å²) in [6.07, 6.45) is 1.74. The molecule has 0 bridgehead atoms. The number of hydrogen-bond acceptors (Lipinski definition) is 2. The van der Waals surface area contributed by atoms with E-state index in [0.29, 0.717) is 19.4 Å². The first-order valence-corrected chi connectivity index (χ1v) is 7.73. The van der Waals surface area contributed by atoms with E-state index in [4.69, 9.17) is 4.74 Å². The Morgan fingerprint density at radius 2 is 1.87 bits per heavy atom. The number of carbonyl (C=O) groups is 1. The third-order valence-electron chi connectivity index (χ3n) is 3.71. The van der Waals surface area contributed by atoms with E-state index in [1.807, 2.05) is 19.1 Å². The van der Waals surface area contributed by atoms with Gasteiger partial charge in [-0.1, -0.05) is 29.8 Å². The van der Waals surface area contributed by atoms with E-state index in [1.54, 1.807) is 19.2 Å². The van der Waals surface area contributed by atoms with Crippen LogP contribution in [0.5, 0.6) is 5.75 Å². The van der Waals surface area contributed by atoms with Crippen molar-refractivity contribution in [3.8, 4) is 5.75 Å². The van der Waals surface area contributed by atoms with Crippen molar-refractivity contribution in [3.05, 3.63) is 65.0 Å². The molecule has 0 radical (unpaired) electrons. The number of carbonyl (C=O) groups excluding carboxylic acids is 1. The number of nitrogens with one attached hydrogen (secondary N) is 1. The summed E-state index contributed by atoms with van der Waals surface area (Å²) in [6.45, 7) is 2.60. The summed E-state index contributed by atoms with van der Waals surface area (Å²) in [7, 11) is 1.65. The monoisotopic (exact) mass is 315 g/mol. The first-order chi connectivity index (χ1) is 11.1. The third-order valence-corrected chi connectivity index (χ3v) is 3.71. The highest BCUT2D eigenvalue weighted by Gasteiger charge is 2.05. The third kappa shape index (κ3) is 5.40. The molecule has 23 heavy (non-hydrogen) atoms. The predicted molar refractivity (Wildman–Crippen MR) is 89.2 cm³/mol. The minimum absolute atomic E-state index is 0.000875. The molecule has 1 amide bonds. The Balaban J connectivity index is 1.76. The first-order valence-electron chi connectivity index (χ1n) is 7.73. The van der Waals surface area contributed by atoms with Gasteiger partial charge in [0.25, 0.3) is 0 Å². The zero-order valence-corrected chi connectivity index (χ0v) is 13.6. The smallest absolute Gasteiger partial charge is 0.220 e. The molecule has 122 valence electrons. The van der Waals surface area contributed by atoms with Crippen LogP contribution in [0.4, 0.5) is 4.39 Å². The molecular formula is C19H22FNO2. The molecule has 0 heterocycles. The lowest BCUT2D eigenvalue weighted by molar-refractivity contribution is -0.121. The Morgan fingerprint density at radius 3 is 2.57 bits per heavy atom. The second-order valence-corrected chi connectivity index (χ2v) is 5.54. The second kappa shape index (κ2) is 8.32. The summed E-state index contributed by atoms with van der Waals surface area (Å²) in [5, 5.41) is 2.91. The predicted octanol–water partition coefficient (Wildman–Crippen LogP) is 3.43. The number of rotatable bonds is 7. The van der Waals surface area contributed by atoms with E-state index < -0.39 is 0 Å². The van der Waals surface area contributed by atoms with Gasteiger partial charge in [0.15, 0.2) is 0 Å². The van der Waals surface area contributed by atoms with Gasteiger partial charge in [0.1, 0.15) is 11.6 Å². The average Bonchev–Trinajstić information content (AvgIpc) is 2.54. The van der Waals surface area contributed by atoms with Crippen molar-refractivity contribution in [1.82, 2.24) is 5.32 Å².